The topological polar surface area (TPSA) is 32.8 Å². The van der Waals surface area contributed by atoms with E-state index in [9.17, 15) is 4.79 Å². The number of piperidine rings is 1. The maximum absolute atomic E-state index is 12.3. The van der Waals surface area contributed by atoms with Crippen molar-refractivity contribution in [2.75, 3.05) is 26.2 Å². The summed E-state index contributed by atoms with van der Waals surface area (Å²) in [4.78, 5) is 17.0. The van der Waals surface area contributed by atoms with Gasteiger partial charge in [-0.05, 0) is 87.9 Å². The highest BCUT2D eigenvalue weighted by atomic mass is 16.5. The lowest BCUT2D eigenvalue weighted by atomic mass is 9.93. The van der Waals surface area contributed by atoms with Crippen LogP contribution in [0.25, 0.3) is 0 Å². The maximum atomic E-state index is 12.3. The number of ether oxygens (including phenoxy) is 1. The van der Waals surface area contributed by atoms with Crippen molar-refractivity contribution < 1.29 is 9.53 Å². The van der Waals surface area contributed by atoms with E-state index in [1.54, 1.807) is 0 Å². The fraction of sp³-hybridized carbons (Fsp3) is 0.708. The van der Waals surface area contributed by atoms with Crippen LogP contribution in [0.3, 0.4) is 0 Å². The molecule has 0 N–H and O–H groups in total. The van der Waals surface area contributed by atoms with Crippen LogP contribution in [0.5, 0.6) is 5.75 Å². The highest BCUT2D eigenvalue weighted by Crippen LogP contribution is 2.26. The number of hydrogen-bond acceptors (Lipinski definition) is 3. The Hall–Kier alpha value is -1.55. The predicted octanol–water partition coefficient (Wildman–Crippen LogP) is 4.62. The van der Waals surface area contributed by atoms with Crippen LogP contribution in [-0.4, -0.2) is 48.0 Å². The molecule has 1 aromatic rings. The zero-order valence-corrected chi connectivity index (χ0v) is 17.3. The Balaban J connectivity index is 1.21. The molecule has 0 aromatic heterocycles. The molecular weight excluding hydrogens is 348 g/mol. The van der Waals surface area contributed by atoms with Crippen molar-refractivity contribution in [3.8, 4) is 5.75 Å². The molecule has 1 saturated carbocycles. The van der Waals surface area contributed by atoms with E-state index in [0.29, 0.717) is 17.9 Å². The summed E-state index contributed by atoms with van der Waals surface area (Å²) in [5.74, 6) is 2.07. The van der Waals surface area contributed by atoms with E-state index in [4.69, 9.17) is 4.74 Å². The summed E-state index contributed by atoms with van der Waals surface area (Å²) >= 11 is 0. The second-order valence-corrected chi connectivity index (χ2v) is 9.04. The fourth-order valence-corrected chi connectivity index (χ4v) is 5.11. The molecule has 2 heterocycles. The van der Waals surface area contributed by atoms with Gasteiger partial charge in [0.1, 0.15) is 5.75 Å². The van der Waals surface area contributed by atoms with Gasteiger partial charge < -0.3 is 9.64 Å². The summed E-state index contributed by atoms with van der Waals surface area (Å²) in [6.07, 6.45) is 12.2. The molecule has 0 bridgehead atoms. The van der Waals surface area contributed by atoms with Gasteiger partial charge in [0.05, 0.1) is 6.10 Å². The fourth-order valence-electron chi connectivity index (χ4n) is 5.11. The quantitative estimate of drug-likeness (QED) is 0.687. The van der Waals surface area contributed by atoms with Gasteiger partial charge in [0.2, 0.25) is 5.91 Å². The van der Waals surface area contributed by atoms with Crippen molar-refractivity contribution in [2.45, 2.75) is 76.9 Å². The van der Waals surface area contributed by atoms with Crippen LogP contribution >= 0.6 is 0 Å². The Kier molecular flexibility index (Phi) is 6.90. The SMILES string of the molecule is O=C(CC[C@H]1CCCN(Cc2ccc(OC3CCCC3)cc2)C1)N1CCCC1. The molecule has 154 valence electrons. The molecule has 3 aliphatic rings. The van der Waals surface area contributed by atoms with Gasteiger partial charge in [-0.1, -0.05) is 12.1 Å². The second kappa shape index (κ2) is 9.78. The summed E-state index contributed by atoms with van der Waals surface area (Å²) in [6, 6.07) is 8.74. The average molecular weight is 385 g/mol. The first-order chi connectivity index (χ1) is 13.8. The van der Waals surface area contributed by atoms with E-state index in [1.807, 2.05) is 0 Å². The van der Waals surface area contributed by atoms with Gasteiger partial charge >= 0.3 is 0 Å². The van der Waals surface area contributed by atoms with Crippen LogP contribution < -0.4 is 4.74 Å². The van der Waals surface area contributed by atoms with Crippen molar-refractivity contribution in [3.63, 3.8) is 0 Å². The molecule has 3 fully saturated rings. The highest BCUT2D eigenvalue weighted by Gasteiger charge is 2.23. The molecule has 4 nitrogen and oxygen atoms in total. The molecule has 0 unspecified atom stereocenters. The lowest BCUT2D eigenvalue weighted by Crippen LogP contribution is -2.35. The minimum atomic E-state index is 0.382. The number of amides is 1. The summed E-state index contributed by atoms with van der Waals surface area (Å²) in [6.45, 7) is 5.29. The normalized spacial score (nSPS) is 24.0. The van der Waals surface area contributed by atoms with E-state index >= 15 is 0 Å². The van der Waals surface area contributed by atoms with Gasteiger partial charge in [-0.15, -0.1) is 0 Å². The summed E-state index contributed by atoms with van der Waals surface area (Å²) < 4.78 is 6.08. The number of carbonyl (C=O) groups excluding carboxylic acids is 1. The van der Waals surface area contributed by atoms with Crippen molar-refractivity contribution >= 4 is 5.91 Å². The standard InChI is InChI=1S/C24H36N2O2/c27-24(26-16-3-4-17-26)14-11-20-6-5-15-25(18-20)19-21-9-12-23(13-10-21)28-22-7-1-2-8-22/h9-10,12-13,20,22H,1-8,11,14-19H2/t20-/m1/s1. The Morgan fingerprint density at radius 3 is 2.43 bits per heavy atom. The molecule has 1 amide bonds. The number of nitrogens with zero attached hydrogens (tertiary/aromatic N) is 2. The Labute approximate surface area is 170 Å². The molecular formula is C24H36N2O2. The maximum Gasteiger partial charge on any atom is 0.222 e. The van der Waals surface area contributed by atoms with E-state index in [2.05, 4.69) is 34.1 Å². The van der Waals surface area contributed by atoms with E-state index in [-0.39, 0.29) is 0 Å². The number of likely N-dealkylation sites (tertiary alicyclic amines) is 2. The predicted molar refractivity (Wildman–Crippen MR) is 112 cm³/mol. The minimum absolute atomic E-state index is 0.382. The van der Waals surface area contributed by atoms with Crippen molar-refractivity contribution in [2.24, 2.45) is 5.92 Å². The van der Waals surface area contributed by atoms with Gasteiger partial charge in [-0.25, -0.2) is 0 Å². The smallest absolute Gasteiger partial charge is 0.222 e. The van der Waals surface area contributed by atoms with E-state index in [0.717, 1.165) is 44.8 Å². The molecule has 1 aliphatic carbocycles. The molecule has 1 aromatic carbocycles. The lowest BCUT2D eigenvalue weighted by molar-refractivity contribution is -0.130. The molecule has 0 radical (unpaired) electrons. The molecule has 4 rings (SSSR count). The van der Waals surface area contributed by atoms with Gasteiger partial charge in [-0.2, -0.15) is 0 Å². The molecule has 2 aliphatic heterocycles. The van der Waals surface area contributed by atoms with Crippen LogP contribution in [0.15, 0.2) is 24.3 Å². The first-order valence-corrected chi connectivity index (χ1v) is 11.5. The first-order valence-electron chi connectivity index (χ1n) is 11.5. The lowest BCUT2D eigenvalue weighted by Gasteiger charge is -2.33. The highest BCUT2D eigenvalue weighted by molar-refractivity contribution is 5.76. The number of hydrogen-bond donors (Lipinski definition) is 0. The second-order valence-electron chi connectivity index (χ2n) is 9.04. The molecule has 4 heteroatoms. The monoisotopic (exact) mass is 384 g/mol. The third-order valence-corrected chi connectivity index (χ3v) is 6.76. The molecule has 28 heavy (non-hydrogen) atoms. The van der Waals surface area contributed by atoms with E-state index in [1.165, 1.54) is 63.5 Å². The van der Waals surface area contributed by atoms with Gasteiger partial charge in [0.15, 0.2) is 0 Å². The zero-order valence-electron chi connectivity index (χ0n) is 17.3. The largest absolute Gasteiger partial charge is 0.490 e. The van der Waals surface area contributed by atoms with Gasteiger partial charge in [0.25, 0.3) is 0 Å². The van der Waals surface area contributed by atoms with Crippen molar-refractivity contribution in [1.82, 2.24) is 9.80 Å². The van der Waals surface area contributed by atoms with Gasteiger partial charge in [-0.3, -0.25) is 9.69 Å². The molecule has 2 saturated heterocycles. The number of rotatable bonds is 7. The van der Waals surface area contributed by atoms with Crippen molar-refractivity contribution in [1.29, 1.82) is 0 Å². The van der Waals surface area contributed by atoms with Crippen LogP contribution in [0.1, 0.15) is 69.8 Å². The van der Waals surface area contributed by atoms with E-state index < -0.39 is 0 Å². The third-order valence-electron chi connectivity index (χ3n) is 6.76. The minimum Gasteiger partial charge on any atom is -0.490 e. The van der Waals surface area contributed by atoms with Crippen molar-refractivity contribution in [3.05, 3.63) is 29.8 Å². The van der Waals surface area contributed by atoms with Crippen LogP contribution in [0.4, 0.5) is 0 Å². The van der Waals surface area contributed by atoms with Crippen LogP contribution in [0.2, 0.25) is 0 Å². The number of benzene rings is 1. The number of carbonyl (C=O) groups is 1. The summed E-state index contributed by atoms with van der Waals surface area (Å²) in [5, 5.41) is 0. The van der Waals surface area contributed by atoms with Crippen LogP contribution in [-0.2, 0) is 11.3 Å². The van der Waals surface area contributed by atoms with Crippen LogP contribution in [0, 0.1) is 5.92 Å². The Morgan fingerprint density at radius 2 is 1.68 bits per heavy atom. The molecule has 0 spiro atoms. The zero-order chi connectivity index (χ0) is 19.2. The third kappa shape index (κ3) is 5.50. The Morgan fingerprint density at radius 1 is 0.929 bits per heavy atom. The first kappa shape index (κ1) is 19.8. The Bertz CT molecular complexity index is 618. The van der Waals surface area contributed by atoms with Gasteiger partial charge in [0, 0.05) is 32.6 Å². The average Bonchev–Trinajstić information content (AvgIpc) is 3.42. The summed E-state index contributed by atoms with van der Waals surface area (Å²) in [7, 11) is 0. The summed E-state index contributed by atoms with van der Waals surface area (Å²) in [5.41, 5.74) is 1.37. The molecule has 1 atom stereocenters.